The largest absolute Gasteiger partial charge is 0.492 e. The van der Waals surface area contributed by atoms with Crippen molar-refractivity contribution in [2.24, 2.45) is 5.41 Å². The number of nitrogens with zero attached hydrogens (tertiary/aromatic N) is 3. The highest BCUT2D eigenvalue weighted by Gasteiger charge is 2.44. The molecule has 1 N–H and O–H groups in total. The average Bonchev–Trinajstić information content (AvgIpc) is 3.25. The first-order valence-electron chi connectivity index (χ1n) is 11.5. The summed E-state index contributed by atoms with van der Waals surface area (Å²) in [6, 6.07) is 13.6. The number of anilines is 2. The van der Waals surface area contributed by atoms with Crippen molar-refractivity contribution in [2.75, 3.05) is 70.4 Å². The van der Waals surface area contributed by atoms with Crippen LogP contribution >= 0.6 is 0 Å². The Morgan fingerprint density at radius 1 is 1.21 bits per heavy atom. The first kappa shape index (κ1) is 21.9. The van der Waals surface area contributed by atoms with Gasteiger partial charge in [-0.3, -0.25) is 0 Å². The number of ether oxygens (including phenoxy) is 2. The smallest absolute Gasteiger partial charge is 0.147 e. The van der Waals surface area contributed by atoms with Crippen molar-refractivity contribution in [1.29, 1.82) is 0 Å². The van der Waals surface area contributed by atoms with Gasteiger partial charge in [-0.1, -0.05) is 0 Å². The molecule has 0 amide bonds. The van der Waals surface area contributed by atoms with Crippen molar-refractivity contribution in [2.45, 2.75) is 6.42 Å². The third-order valence-corrected chi connectivity index (χ3v) is 6.70. The van der Waals surface area contributed by atoms with Gasteiger partial charge in [-0.25, -0.2) is 9.37 Å². The lowest BCUT2D eigenvalue weighted by Crippen LogP contribution is -2.44. The normalized spacial score (nSPS) is 16.9. The van der Waals surface area contributed by atoms with Crippen LogP contribution in [0.4, 0.5) is 15.8 Å². The number of nitrogens with one attached hydrogen (secondary N) is 1. The summed E-state index contributed by atoms with van der Waals surface area (Å²) >= 11 is 0. The zero-order valence-corrected chi connectivity index (χ0v) is 19.5. The molecule has 33 heavy (non-hydrogen) atoms. The summed E-state index contributed by atoms with van der Waals surface area (Å²) in [5.74, 6) is 0.603. The average molecular weight is 453 g/mol. The molecule has 0 bridgehead atoms. The Morgan fingerprint density at radius 3 is 2.64 bits per heavy atom. The van der Waals surface area contributed by atoms with Crippen molar-refractivity contribution in [3.63, 3.8) is 0 Å². The van der Waals surface area contributed by atoms with Crippen LogP contribution in [0.25, 0.3) is 22.2 Å². The Labute approximate surface area is 195 Å². The van der Waals surface area contributed by atoms with E-state index >= 15 is 0 Å². The van der Waals surface area contributed by atoms with Crippen LogP contribution in [0.15, 0.2) is 42.5 Å². The Kier molecular flexibility index (Phi) is 5.85. The van der Waals surface area contributed by atoms with E-state index in [1.54, 1.807) is 11.0 Å². The molecule has 2 aromatic carbocycles. The predicted molar refractivity (Wildman–Crippen MR) is 133 cm³/mol. The van der Waals surface area contributed by atoms with Gasteiger partial charge in [0.25, 0.3) is 0 Å². The molecule has 3 aromatic rings. The van der Waals surface area contributed by atoms with Gasteiger partial charge in [0.05, 0.1) is 30.1 Å². The maximum Gasteiger partial charge on any atom is 0.147 e. The molecule has 1 aromatic heterocycles. The number of halogens is 1. The van der Waals surface area contributed by atoms with Crippen LogP contribution < -0.4 is 19.9 Å². The third-order valence-electron chi connectivity index (χ3n) is 6.70. The second kappa shape index (κ2) is 8.80. The highest BCUT2D eigenvalue weighted by Crippen LogP contribution is 2.42. The second-order valence-electron chi connectivity index (χ2n) is 9.38. The molecule has 2 fully saturated rings. The number of benzene rings is 2. The lowest BCUT2D eigenvalue weighted by atomic mass is 9.85. The van der Waals surface area contributed by atoms with Crippen LogP contribution in [0.5, 0.6) is 5.75 Å². The molecule has 2 aliphatic rings. The maximum atomic E-state index is 14.9. The summed E-state index contributed by atoms with van der Waals surface area (Å²) in [6.07, 6.45) is 1.10. The first-order chi connectivity index (χ1) is 16.0. The Hall–Kier alpha value is -2.90. The van der Waals surface area contributed by atoms with Crippen molar-refractivity contribution in [1.82, 2.24) is 10.3 Å². The van der Waals surface area contributed by atoms with Crippen molar-refractivity contribution >= 4 is 22.3 Å². The first-order valence-corrected chi connectivity index (χ1v) is 11.5. The number of fused-ring (bicyclic) bond motifs is 1. The molecule has 176 valence electrons. The number of rotatable bonds is 7. The fourth-order valence-electron chi connectivity index (χ4n) is 4.73. The molecule has 2 saturated heterocycles. The van der Waals surface area contributed by atoms with E-state index in [-0.39, 0.29) is 12.7 Å². The zero-order chi connectivity index (χ0) is 23.0. The van der Waals surface area contributed by atoms with Crippen LogP contribution in [-0.4, -0.2) is 65.6 Å². The summed E-state index contributed by atoms with van der Waals surface area (Å²) in [6.45, 7) is 4.91. The van der Waals surface area contributed by atoms with E-state index in [0.717, 1.165) is 72.9 Å². The molecule has 0 atom stereocenters. The summed E-state index contributed by atoms with van der Waals surface area (Å²) in [7, 11) is 5.61. The van der Waals surface area contributed by atoms with E-state index in [4.69, 9.17) is 14.5 Å². The number of likely N-dealkylation sites (N-methyl/N-ethyl adjacent to an activating group) is 1. The highest BCUT2D eigenvalue weighted by atomic mass is 19.1. The standard InChI is InChI=1S/C26H31FN4O2.H2/c1-28-9-11-33-19-6-4-18(5-7-19)22-13-24(31-10-8-26(15-31)16-32-17-26)20-12-21(27)25(30(2)3)14-23(20)29-22;/h4-7,12-14,28H,8-11,15-17H2,1-3H3;1H. The quantitative estimate of drug-likeness (QED) is 0.543. The summed E-state index contributed by atoms with van der Waals surface area (Å²) in [5.41, 5.74) is 4.50. The van der Waals surface area contributed by atoms with E-state index in [1.807, 2.05) is 51.5 Å². The lowest BCUT2D eigenvalue weighted by Gasteiger charge is -2.38. The molecule has 0 unspecified atom stereocenters. The third kappa shape index (κ3) is 4.23. The fraction of sp³-hybridized carbons (Fsp3) is 0.423. The molecular formula is C26H33FN4O2. The van der Waals surface area contributed by atoms with Gasteiger partial charge < -0.3 is 24.6 Å². The Morgan fingerprint density at radius 2 is 2.00 bits per heavy atom. The van der Waals surface area contributed by atoms with Crippen molar-refractivity contribution < 1.29 is 15.3 Å². The second-order valence-corrected chi connectivity index (χ2v) is 9.38. The minimum Gasteiger partial charge on any atom is -0.492 e. The van der Waals surface area contributed by atoms with E-state index in [0.29, 0.717) is 12.3 Å². The SMILES string of the molecule is CNCCOc1ccc(-c2cc(N3CCC4(COC4)C3)c3cc(F)c(N(C)C)cc3n2)cc1.[HH]. The monoisotopic (exact) mass is 452 g/mol. The van der Waals surface area contributed by atoms with Gasteiger partial charge in [0.1, 0.15) is 18.2 Å². The highest BCUT2D eigenvalue weighted by molar-refractivity contribution is 5.96. The van der Waals surface area contributed by atoms with Crippen molar-refractivity contribution in [3.8, 4) is 17.0 Å². The van der Waals surface area contributed by atoms with E-state index < -0.39 is 0 Å². The van der Waals surface area contributed by atoms with Gasteiger partial charge >= 0.3 is 0 Å². The van der Waals surface area contributed by atoms with Gasteiger partial charge in [-0.15, -0.1) is 0 Å². The Bertz CT molecular complexity index is 1150. The topological polar surface area (TPSA) is 49.9 Å². The predicted octanol–water partition coefficient (Wildman–Crippen LogP) is 4.18. The van der Waals surface area contributed by atoms with Gasteiger partial charge in [0.2, 0.25) is 0 Å². The molecule has 6 nitrogen and oxygen atoms in total. The molecule has 0 aliphatic carbocycles. The molecule has 7 heteroatoms. The number of hydrogen-bond donors (Lipinski definition) is 1. The number of hydrogen-bond acceptors (Lipinski definition) is 6. The molecule has 2 aliphatic heterocycles. The van der Waals surface area contributed by atoms with Gasteiger partial charge in [0.15, 0.2) is 0 Å². The molecule has 3 heterocycles. The molecular weight excluding hydrogens is 419 g/mol. The molecule has 1 spiro atoms. The zero-order valence-electron chi connectivity index (χ0n) is 19.5. The van der Waals surface area contributed by atoms with Crippen LogP contribution in [-0.2, 0) is 4.74 Å². The van der Waals surface area contributed by atoms with Crippen LogP contribution in [0.1, 0.15) is 7.85 Å². The fourth-order valence-corrected chi connectivity index (χ4v) is 4.73. The lowest BCUT2D eigenvalue weighted by molar-refractivity contribution is -0.0985. The number of aromatic nitrogens is 1. The van der Waals surface area contributed by atoms with E-state index in [1.165, 1.54) is 0 Å². The van der Waals surface area contributed by atoms with E-state index in [9.17, 15) is 4.39 Å². The minimum absolute atomic E-state index is 0. The van der Waals surface area contributed by atoms with Gasteiger partial charge in [-0.05, 0) is 55.9 Å². The molecule has 5 rings (SSSR count). The van der Waals surface area contributed by atoms with Gasteiger partial charge in [-0.2, -0.15) is 0 Å². The minimum atomic E-state index is -0.229. The van der Waals surface area contributed by atoms with Crippen LogP contribution in [0, 0.1) is 11.2 Å². The summed E-state index contributed by atoms with van der Waals surface area (Å²) in [4.78, 5) is 9.11. The maximum absolute atomic E-state index is 14.9. The Balaban J connectivity index is 0.00000274. The number of pyridine rings is 1. The van der Waals surface area contributed by atoms with Crippen LogP contribution in [0.3, 0.4) is 0 Å². The summed E-state index contributed by atoms with van der Waals surface area (Å²) < 4.78 is 26.2. The summed E-state index contributed by atoms with van der Waals surface area (Å²) in [5, 5.41) is 3.93. The van der Waals surface area contributed by atoms with Gasteiger partial charge in [0, 0.05) is 57.2 Å². The molecule has 0 saturated carbocycles. The molecule has 0 radical (unpaired) electrons. The van der Waals surface area contributed by atoms with E-state index in [2.05, 4.69) is 16.3 Å². The van der Waals surface area contributed by atoms with Crippen LogP contribution in [0.2, 0.25) is 0 Å². The van der Waals surface area contributed by atoms with Crippen molar-refractivity contribution in [3.05, 3.63) is 48.3 Å².